The van der Waals surface area contributed by atoms with E-state index in [9.17, 15) is 14.4 Å². The maximum absolute atomic E-state index is 12.6. The molecule has 2 N–H and O–H groups in total. The molecule has 12 heteroatoms. The zero-order valence-electron chi connectivity index (χ0n) is 23.7. The van der Waals surface area contributed by atoms with Gasteiger partial charge in [0.1, 0.15) is 12.1 Å². The number of ether oxygens (including phenoxy) is 1. The molecule has 2 aliphatic rings. The second-order valence-corrected chi connectivity index (χ2v) is 12.3. The summed E-state index contributed by atoms with van der Waals surface area (Å²) in [6, 6.07) is 1.90. The highest BCUT2D eigenvalue weighted by Gasteiger charge is 2.28. The van der Waals surface area contributed by atoms with E-state index in [-0.39, 0.29) is 36.3 Å². The van der Waals surface area contributed by atoms with Gasteiger partial charge in [-0.25, -0.2) is 9.78 Å². The van der Waals surface area contributed by atoms with E-state index in [0.717, 1.165) is 62.8 Å². The lowest BCUT2D eigenvalue weighted by molar-refractivity contribution is -0.126. The van der Waals surface area contributed by atoms with E-state index in [1.54, 1.807) is 16.2 Å². The summed E-state index contributed by atoms with van der Waals surface area (Å²) >= 11 is 1.64. The molecule has 3 amide bonds. The fourth-order valence-corrected chi connectivity index (χ4v) is 5.59. The Balaban J connectivity index is 1.33. The van der Waals surface area contributed by atoms with Gasteiger partial charge in [-0.2, -0.15) is 5.26 Å². The van der Waals surface area contributed by atoms with Crippen molar-refractivity contribution in [2.45, 2.75) is 65.5 Å². The lowest BCUT2D eigenvalue weighted by Gasteiger charge is -2.35. The number of thiazole rings is 1. The van der Waals surface area contributed by atoms with Crippen LogP contribution in [0.2, 0.25) is 0 Å². The predicted molar refractivity (Wildman–Crippen MR) is 150 cm³/mol. The number of piperazine rings is 1. The number of amides is 3. The van der Waals surface area contributed by atoms with Gasteiger partial charge in [0, 0.05) is 57.0 Å². The lowest BCUT2D eigenvalue weighted by Crippen LogP contribution is -2.50. The SMILES string of the molecule is CC(CCNC(=O)C1CCN(Cc2csc(N3CCN(C(=O)OC(C)(C)C)CC3)n2)CC1)CC(=O)NCC#N. The Hall–Kier alpha value is -2.91. The van der Waals surface area contributed by atoms with Crippen molar-refractivity contribution in [2.24, 2.45) is 11.8 Å². The van der Waals surface area contributed by atoms with Crippen LogP contribution in [0.15, 0.2) is 5.38 Å². The highest BCUT2D eigenvalue weighted by atomic mass is 32.1. The van der Waals surface area contributed by atoms with Crippen molar-refractivity contribution in [1.82, 2.24) is 25.4 Å². The number of anilines is 1. The van der Waals surface area contributed by atoms with Gasteiger partial charge in [0.15, 0.2) is 5.13 Å². The number of piperidine rings is 1. The molecule has 1 atom stereocenters. The van der Waals surface area contributed by atoms with Gasteiger partial charge in [-0.05, 0) is 59.0 Å². The first-order valence-corrected chi connectivity index (χ1v) is 14.7. The summed E-state index contributed by atoms with van der Waals surface area (Å²) in [5.74, 6) is 0.124. The van der Waals surface area contributed by atoms with Gasteiger partial charge in [0.05, 0.1) is 11.8 Å². The van der Waals surface area contributed by atoms with Gasteiger partial charge in [0.25, 0.3) is 0 Å². The molecule has 2 fully saturated rings. The maximum atomic E-state index is 12.6. The number of nitrogens with one attached hydrogen (secondary N) is 2. The number of carbonyl (C=O) groups excluding carboxylic acids is 3. The highest BCUT2D eigenvalue weighted by Crippen LogP contribution is 2.25. The highest BCUT2D eigenvalue weighted by molar-refractivity contribution is 7.13. The van der Waals surface area contributed by atoms with Crippen LogP contribution in [0.3, 0.4) is 0 Å². The minimum atomic E-state index is -0.490. The van der Waals surface area contributed by atoms with Crippen LogP contribution >= 0.6 is 11.3 Å². The molecule has 2 aliphatic heterocycles. The van der Waals surface area contributed by atoms with E-state index >= 15 is 0 Å². The topological polar surface area (TPSA) is 131 Å². The van der Waals surface area contributed by atoms with E-state index in [1.165, 1.54) is 0 Å². The lowest BCUT2D eigenvalue weighted by atomic mass is 9.95. The zero-order valence-corrected chi connectivity index (χ0v) is 24.5. The Kier molecular flexibility index (Phi) is 11.4. The molecule has 3 heterocycles. The van der Waals surface area contributed by atoms with E-state index in [1.807, 2.05) is 33.8 Å². The zero-order chi connectivity index (χ0) is 28.4. The van der Waals surface area contributed by atoms with E-state index in [0.29, 0.717) is 26.1 Å². The minimum absolute atomic E-state index is 0.0164. The van der Waals surface area contributed by atoms with Crippen molar-refractivity contribution in [3.8, 4) is 6.07 Å². The van der Waals surface area contributed by atoms with Crippen LogP contribution < -0.4 is 15.5 Å². The molecule has 1 unspecified atom stereocenters. The summed E-state index contributed by atoms with van der Waals surface area (Å²) < 4.78 is 5.48. The molecule has 0 bridgehead atoms. The number of hydrogen-bond donors (Lipinski definition) is 2. The summed E-state index contributed by atoms with van der Waals surface area (Å²) in [7, 11) is 0. The normalized spacial score (nSPS) is 17.8. The third-order valence-corrected chi connectivity index (χ3v) is 7.87. The Bertz CT molecular complexity index is 1000. The van der Waals surface area contributed by atoms with Crippen molar-refractivity contribution in [1.29, 1.82) is 5.26 Å². The van der Waals surface area contributed by atoms with Crippen LogP contribution in [0.1, 0.15) is 59.1 Å². The van der Waals surface area contributed by atoms with Gasteiger partial charge in [-0.1, -0.05) is 6.92 Å². The molecule has 3 rings (SSSR count). The first-order valence-electron chi connectivity index (χ1n) is 13.8. The Morgan fingerprint density at radius 3 is 2.49 bits per heavy atom. The van der Waals surface area contributed by atoms with Crippen LogP contribution in [0, 0.1) is 23.2 Å². The van der Waals surface area contributed by atoms with E-state index < -0.39 is 5.60 Å². The molecule has 0 radical (unpaired) electrons. The molecule has 0 aliphatic carbocycles. The van der Waals surface area contributed by atoms with Gasteiger partial charge < -0.3 is 25.2 Å². The van der Waals surface area contributed by atoms with Crippen molar-refractivity contribution < 1.29 is 19.1 Å². The number of likely N-dealkylation sites (tertiary alicyclic amines) is 1. The van der Waals surface area contributed by atoms with Crippen molar-refractivity contribution in [2.75, 3.05) is 57.3 Å². The van der Waals surface area contributed by atoms with Crippen LogP contribution in [-0.4, -0.2) is 90.7 Å². The number of carbonyl (C=O) groups is 3. The van der Waals surface area contributed by atoms with Crippen molar-refractivity contribution >= 4 is 34.4 Å². The van der Waals surface area contributed by atoms with Crippen molar-refractivity contribution in [3.05, 3.63) is 11.1 Å². The summed E-state index contributed by atoms with van der Waals surface area (Å²) in [5, 5.41) is 17.2. The van der Waals surface area contributed by atoms with Crippen LogP contribution in [0.5, 0.6) is 0 Å². The molecule has 1 aromatic heterocycles. The molecule has 0 aromatic carbocycles. The standard InChI is InChI=1S/C27H43N7O4S/c1-20(17-23(35)29-10-8-28)5-9-30-24(36)21-6-11-32(12-7-21)18-22-19-39-25(31-22)33-13-15-34(16-14-33)26(37)38-27(2,3)4/h19-21H,5-7,9-18H2,1-4H3,(H,29,35)(H,30,36). The Morgan fingerprint density at radius 1 is 1.15 bits per heavy atom. The second kappa shape index (κ2) is 14.5. The van der Waals surface area contributed by atoms with E-state index in [2.05, 4.69) is 25.8 Å². The fourth-order valence-electron chi connectivity index (χ4n) is 4.72. The van der Waals surface area contributed by atoms with Gasteiger partial charge in [0.2, 0.25) is 11.8 Å². The Morgan fingerprint density at radius 2 is 1.85 bits per heavy atom. The third-order valence-electron chi connectivity index (χ3n) is 6.92. The average Bonchev–Trinajstić information content (AvgIpc) is 3.35. The van der Waals surface area contributed by atoms with E-state index in [4.69, 9.17) is 15.0 Å². The predicted octanol–water partition coefficient (Wildman–Crippen LogP) is 2.58. The number of nitriles is 1. The largest absolute Gasteiger partial charge is 0.444 e. The summed E-state index contributed by atoms with van der Waals surface area (Å²) in [6.45, 7) is 13.4. The third kappa shape index (κ3) is 10.3. The summed E-state index contributed by atoms with van der Waals surface area (Å²) in [4.78, 5) is 47.8. The molecule has 1 aromatic rings. The first kappa shape index (κ1) is 30.6. The van der Waals surface area contributed by atoms with Crippen LogP contribution in [-0.2, 0) is 20.9 Å². The van der Waals surface area contributed by atoms with Gasteiger partial charge in [-0.15, -0.1) is 11.3 Å². The average molecular weight is 562 g/mol. The molecule has 216 valence electrons. The van der Waals surface area contributed by atoms with Crippen LogP contribution in [0.25, 0.3) is 0 Å². The number of rotatable bonds is 10. The number of hydrogen-bond acceptors (Lipinski definition) is 9. The molecule has 0 spiro atoms. The molecule has 39 heavy (non-hydrogen) atoms. The number of aromatic nitrogens is 1. The van der Waals surface area contributed by atoms with Crippen LogP contribution in [0.4, 0.5) is 9.93 Å². The van der Waals surface area contributed by atoms with Gasteiger partial charge in [-0.3, -0.25) is 14.5 Å². The maximum Gasteiger partial charge on any atom is 0.410 e. The molecule has 2 saturated heterocycles. The van der Waals surface area contributed by atoms with Gasteiger partial charge >= 0.3 is 6.09 Å². The Labute approximate surface area is 235 Å². The summed E-state index contributed by atoms with van der Waals surface area (Å²) in [6.07, 6.45) is 2.47. The minimum Gasteiger partial charge on any atom is -0.444 e. The first-order chi connectivity index (χ1) is 18.5. The molecule has 0 saturated carbocycles. The fraction of sp³-hybridized carbons (Fsp3) is 0.741. The van der Waals surface area contributed by atoms with Crippen molar-refractivity contribution in [3.63, 3.8) is 0 Å². The molecular formula is C27H43N7O4S. The molecular weight excluding hydrogens is 518 g/mol. The summed E-state index contributed by atoms with van der Waals surface area (Å²) in [5.41, 5.74) is 0.552. The molecule has 11 nitrogen and oxygen atoms in total. The second-order valence-electron chi connectivity index (χ2n) is 11.5. The monoisotopic (exact) mass is 561 g/mol. The number of nitrogens with zero attached hydrogens (tertiary/aromatic N) is 5. The smallest absolute Gasteiger partial charge is 0.410 e. The quantitative estimate of drug-likeness (QED) is 0.417.